The highest BCUT2D eigenvalue weighted by atomic mass is 16.6. The molecule has 0 fully saturated rings. The summed E-state index contributed by atoms with van der Waals surface area (Å²) in [5, 5.41) is 0. The first-order valence-electron chi connectivity index (χ1n) is 7.73. The van der Waals surface area contributed by atoms with Gasteiger partial charge in [-0.15, -0.1) is 0 Å². The quantitative estimate of drug-likeness (QED) is 0.929. The molecule has 0 aromatic heterocycles. The molecule has 0 aliphatic carbocycles. The molecule has 4 heteroatoms. The number of nitrogens with two attached hydrogens (primary N) is 1. The first-order chi connectivity index (χ1) is 9.90. The second kappa shape index (κ2) is 6.48. The molecule has 0 spiro atoms. The normalized spacial score (nSPS) is 14.8. The molecule has 0 unspecified atom stereocenters. The molecule has 2 rings (SSSR count). The molecule has 0 saturated heterocycles. The van der Waals surface area contributed by atoms with Crippen LogP contribution < -0.4 is 10.6 Å². The van der Waals surface area contributed by atoms with E-state index in [9.17, 15) is 4.79 Å². The average molecular weight is 290 g/mol. The van der Waals surface area contributed by atoms with Crippen molar-refractivity contribution in [1.82, 2.24) is 0 Å². The summed E-state index contributed by atoms with van der Waals surface area (Å²) in [6.45, 7) is 7.12. The lowest BCUT2D eigenvalue weighted by Gasteiger charge is -2.32. The zero-order valence-electron chi connectivity index (χ0n) is 13.3. The molecule has 21 heavy (non-hydrogen) atoms. The standard InChI is InChI=1S/C17H26N2O2/c1-17(2,3)21-16(20)19-11-5-7-14-12-13(6-4-10-18)8-9-15(14)19/h8-9,12H,4-7,10-11,18H2,1-3H3. The number of carbonyl (C=O) groups excluding carboxylic acids is 1. The minimum Gasteiger partial charge on any atom is -0.443 e. The maximum atomic E-state index is 12.3. The highest BCUT2D eigenvalue weighted by Gasteiger charge is 2.27. The molecule has 2 N–H and O–H groups in total. The van der Waals surface area contributed by atoms with Gasteiger partial charge in [0, 0.05) is 6.54 Å². The Morgan fingerprint density at radius 1 is 1.38 bits per heavy atom. The maximum Gasteiger partial charge on any atom is 0.414 e. The number of rotatable bonds is 3. The van der Waals surface area contributed by atoms with Crippen molar-refractivity contribution >= 4 is 11.8 Å². The monoisotopic (exact) mass is 290 g/mol. The Morgan fingerprint density at radius 3 is 2.81 bits per heavy atom. The van der Waals surface area contributed by atoms with Crippen molar-refractivity contribution in [2.45, 2.75) is 52.1 Å². The number of ether oxygens (including phenoxy) is 1. The third kappa shape index (κ3) is 4.21. The van der Waals surface area contributed by atoms with Crippen LogP contribution in [-0.2, 0) is 17.6 Å². The van der Waals surface area contributed by atoms with Gasteiger partial charge in [-0.25, -0.2) is 4.79 Å². The third-order valence-corrected chi connectivity index (χ3v) is 3.55. The van der Waals surface area contributed by atoms with E-state index in [-0.39, 0.29) is 6.09 Å². The summed E-state index contributed by atoms with van der Waals surface area (Å²) in [6, 6.07) is 6.35. The number of nitrogens with zero attached hydrogens (tertiary/aromatic N) is 1. The molecule has 1 aromatic carbocycles. The molecule has 4 nitrogen and oxygen atoms in total. The number of hydrogen-bond acceptors (Lipinski definition) is 3. The van der Waals surface area contributed by atoms with E-state index < -0.39 is 5.60 Å². The van der Waals surface area contributed by atoms with E-state index in [1.165, 1.54) is 11.1 Å². The van der Waals surface area contributed by atoms with Gasteiger partial charge >= 0.3 is 6.09 Å². The minimum absolute atomic E-state index is 0.252. The Bertz CT molecular complexity index is 506. The number of hydrogen-bond donors (Lipinski definition) is 1. The fourth-order valence-electron chi connectivity index (χ4n) is 2.62. The van der Waals surface area contributed by atoms with Crippen LogP contribution in [0.2, 0.25) is 0 Å². The van der Waals surface area contributed by atoms with Crippen LogP contribution in [0.4, 0.5) is 10.5 Å². The van der Waals surface area contributed by atoms with Crippen molar-refractivity contribution in [2.24, 2.45) is 5.73 Å². The average Bonchev–Trinajstić information content (AvgIpc) is 2.42. The molecule has 0 saturated carbocycles. The van der Waals surface area contributed by atoms with E-state index >= 15 is 0 Å². The van der Waals surface area contributed by atoms with Crippen LogP contribution in [0.25, 0.3) is 0 Å². The smallest absolute Gasteiger partial charge is 0.414 e. The van der Waals surface area contributed by atoms with Gasteiger partial charge in [-0.3, -0.25) is 4.90 Å². The number of aryl methyl sites for hydroxylation is 2. The molecule has 1 aromatic rings. The van der Waals surface area contributed by atoms with Gasteiger partial charge in [-0.05, 0) is 70.2 Å². The second-order valence-electron chi connectivity index (χ2n) is 6.59. The summed E-state index contributed by atoms with van der Waals surface area (Å²) in [5.41, 5.74) is 8.63. The molecule has 0 bridgehead atoms. The lowest BCUT2D eigenvalue weighted by atomic mass is 9.98. The van der Waals surface area contributed by atoms with Crippen LogP contribution in [0.3, 0.4) is 0 Å². The number of fused-ring (bicyclic) bond motifs is 1. The fraction of sp³-hybridized carbons (Fsp3) is 0.588. The first kappa shape index (κ1) is 15.8. The van der Waals surface area contributed by atoms with Crippen molar-refractivity contribution in [3.8, 4) is 0 Å². The van der Waals surface area contributed by atoms with E-state index in [0.29, 0.717) is 6.54 Å². The molecule has 116 valence electrons. The fourth-order valence-corrected chi connectivity index (χ4v) is 2.62. The van der Waals surface area contributed by atoms with Gasteiger partial charge in [-0.2, -0.15) is 0 Å². The Balaban J connectivity index is 2.17. The van der Waals surface area contributed by atoms with E-state index in [2.05, 4.69) is 12.1 Å². The molecule has 1 amide bonds. The summed E-state index contributed by atoms with van der Waals surface area (Å²) < 4.78 is 5.50. The van der Waals surface area contributed by atoms with Gasteiger partial charge in [0.15, 0.2) is 0 Å². The Kier molecular flexibility index (Phi) is 4.88. The summed E-state index contributed by atoms with van der Waals surface area (Å²) in [7, 11) is 0. The zero-order valence-corrected chi connectivity index (χ0v) is 13.3. The van der Waals surface area contributed by atoms with Gasteiger partial charge in [-0.1, -0.05) is 12.1 Å². The lowest BCUT2D eigenvalue weighted by Crippen LogP contribution is -2.39. The van der Waals surface area contributed by atoms with Gasteiger partial charge in [0.2, 0.25) is 0 Å². The zero-order chi connectivity index (χ0) is 15.5. The van der Waals surface area contributed by atoms with E-state index in [0.717, 1.165) is 37.9 Å². The molecular weight excluding hydrogens is 264 g/mol. The Morgan fingerprint density at radius 2 is 2.14 bits per heavy atom. The largest absolute Gasteiger partial charge is 0.443 e. The second-order valence-corrected chi connectivity index (χ2v) is 6.59. The summed E-state index contributed by atoms with van der Waals surface area (Å²) in [4.78, 5) is 14.1. The number of benzene rings is 1. The van der Waals surface area contributed by atoms with Gasteiger partial charge in [0.25, 0.3) is 0 Å². The molecular formula is C17H26N2O2. The Labute approximate surface area is 127 Å². The Hall–Kier alpha value is -1.55. The van der Waals surface area contributed by atoms with Crippen LogP contribution in [0.5, 0.6) is 0 Å². The van der Waals surface area contributed by atoms with Crippen molar-refractivity contribution in [3.63, 3.8) is 0 Å². The van der Waals surface area contributed by atoms with Gasteiger partial charge in [0.1, 0.15) is 5.60 Å². The predicted octanol–water partition coefficient (Wildman–Crippen LogP) is 3.27. The van der Waals surface area contributed by atoms with E-state index in [1.54, 1.807) is 4.90 Å². The number of anilines is 1. The van der Waals surface area contributed by atoms with Crippen LogP contribution >= 0.6 is 0 Å². The van der Waals surface area contributed by atoms with Gasteiger partial charge in [0.05, 0.1) is 5.69 Å². The first-order valence-corrected chi connectivity index (χ1v) is 7.73. The molecule has 1 aliphatic rings. The van der Waals surface area contributed by atoms with Crippen LogP contribution in [-0.4, -0.2) is 24.8 Å². The summed E-state index contributed by atoms with van der Waals surface area (Å²) in [6.07, 6.45) is 3.74. The van der Waals surface area contributed by atoms with Crippen LogP contribution in [0.1, 0.15) is 44.7 Å². The SMILES string of the molecule is CC(C)(C)OC(=O)N1CCCc2cc(CCCN)ccc21. The minimum atomic E-state index is -0.463. The van der Waals surface area contributed by atoms with Crippen molar-refractivity contribution in [3.05, 3.63) is 29.3 Å². The predicted molar refractivity (Wildman–Crippen MR) is 85.7 cm³/mol. The van der Waals surface area contributed by atoms with Crippen molar-refractivity contribution < 1.29 is 9.53 Å². The molecule has 0 atom stereocenters. The molecule has 1 heterocycles. The van der Waals surface area contributed by atoms with Crippen molar-refractivity contribution in [2.75, 3.05) is 18.0 Å². The maximum absolute atomic E-state index is 12.3. The summed E-state index contributed by atoms with van der Waals surface area (Å²) in [5.74, 6) is 0. The number of amides is 1. The van der Waals surface area contributed by atoms with Gasteiger partial charge < -0.3 is 10.5 Å². The highest BCUT2D eigenvalue weighted by Crippen LogP contribution is 2.29. The highest BCUT2D eigenvalue weighted by molar-refractivity contribution is 5.89. The third-order valence-electron chi connectivity index (χ3n) is 3.55. The van der Waals surface area contributed by atoms with Crippen LogP contribution in [0.15, 0.2) is 18.2 Å². The number of carbonyl (C=O) groups is 1. The lowest BCUT2D eigenvalue weighted by molar-refractivity contribution is 0.0578. The molecule has 1 aliphatic heterocycles. The molecule has 0 radical (unpaired) electrons. The van der Waals surface area contributed by atoms with Crippen molar-refractivity contribution in [1.29, 1.82) is 0 Å². The summed E-state index contributed by atoms with van der Waals surface area (Å²) >= 11 is 0. The topological polar surface area (TPSA) is 55.6 Å². The van der Waals surface area contributed by atoms with Crippen LogP contribution in [0, 0.1) is 0 Å². The van der Waals surface area contributed by atoms with E-state index in [4.69, 9.17) is 10.5 Å². The van der Waals surface area contributed by atoms with E-state index in [1.807, 2.05) is 26.8 Å².